The summed E-state index contributed by atoms with van der Waals surface area (Å²) in [4.78, 5) is 0. The Labute approximate surface area is 123 Å². The SMILES string of the molecule is CCCNCC1(c2ccc(OCC)cc2)CCCC1C. The van der Waals surface area contributed by atoms with Crippen molar-refractivity contribution in [1.29, 1.82) is 0 Å². The van der Waals surface area contributed by atoms with Crippen LogP contribution in [0.25, 0.3) is 0 Å². The summed E-state index contributed by atoms with van der Waals surface area (Å²) in [7, 11) is 0. The Kier molecular flexibility index (Phi) is 5.47. The second kappa shape index (κ2) is 7.12. The minimum absolute atomic E-state index is 0.319. The molecule has 1 saturated carbocycles. The van der Waals surface area contributed by atoms with E-state index in [2.05, 4.69) is 43.4 Å². The van der Waals surface area contributed by atoms with E-state index in [1.54, 1.807) is 0 Å². The van der Waals surface area contributed by atoms with E-state index in [0.717, 1.165) is 31.4 Å². The van der Waals surface area contributed by atoms with Gasteiger partial charge in [-0.3, -0.25) is 0 Å². The first-order chi connectivity index (χ1) is 9.73. The number of nitrogens with one attached hydrogen (secondary N) is 1. The molecule has 0 saturated heterocycles. The minimum Gasteiger partial charge on any atom is -0.494 e. The number of hydrogen-bond acceptors (Lipinski definition) is 2. The quantitative estimate of drug-likeness (QED) is 0.755. The molecule has 1 aromatic carbocycles. The molecule has 1 N–H and O–H groups in total. The van der Waals surface area contributed by atoms with Gasteiger partial charge in [0.25, 0.3) is 0 Å². The summed E-state index contributed by atoms with van der Waals surface area (Å²) in [5.74, 6) is 1.74. The topological polar surface area (TPSA) is 21.3 Å². The van der Waals surface area contributed by atoms with E-state index in [9.17, 15) is 0 Å². The van der Waals surface area contributed by atoms with Crippen molar-refractivity contribution < 1.29 is 4.74 Å². The Bertz CT molecular complexity index is 400. The van der Waals surface area contributed by atoms with Gasteiger partial charge in [0, 0.05) is 12.0 Å². The van der Waals surface area contributed by atoms with Crippen LogP contribution in [0.1, 0.15) is 52.0 Å². The molecule has 0 heterocycles. The number of benzene rings is 1. The Morgan fingerprint density at radius 2 is 2.00 bits per heavy atom. The van der Waals surface area contributed by atoms with Crippen LogP contribution in [0.4, 0.5) is 0 Å². The molecule has 1 aromatic rings. The third kappa shape index (κ3) is 3.17. The first-order valence-corrected chi connectivity index (χ1v) is 8.17. The average Bonchev–Trinajstić information content (AvgIpc) is 2.83. The van der Waals surface area contributed by atoms with Crippen molar-refractivity contribution >= 4 is 0 Å². The molecule has 0 aliphatic heterocycles. The van der Waals surface area contributed by atoms with Gasteiger partial charge in [-0.2, -0.15) is 0 Å². The maximum absolute atomic E-state index is 5.57. The standard InChI is InChI=1S/C18H29NO/c1-4-13-19-14-18(12-6-7-15(18)3)16-8-10-17(11-9-16)20-5-2/h8-11,15,19H,4-7,12-14H2,1-3H3. The Morgan fingerprint density at radius 1 is 1.25 bits per heavy atom. The fourth-order valence-electron chi connectivity index (χ4n) is 3.58. The highest BCUT2D eigenvalue weighted by molar-refractivity contribution is 5.34. The molecule has 2 atom stereocenters. The molecule has 2 nitrogen and oxygen atoms in total. The molecule has 2 heteroatoms. The molecule has 112 valence electrons. The second-order valence-corrected chi connectivity index (χ2v) is 6.08. The first-order valence-electron chi connectivity index (χ1n) is 8.17. The summed E-state index contributed by atoms with van der Waals surface area (Å²) in [5.41, 5.74) is 1.80. The van der Waals surface area contributed by atoms with Crippen molar-refractivity contribution in [2.24, 2.45) is 5.92 Å². The van der Waals surface area contributed by atoms with Gasteiger partial charge in [0.15, 0.2) is 0 Å². The van der Waals surface area contributed by atoms with Crippen LogP contribution in [0.2, 0.25) is 0 Å². The highest BCUT2D eigenvalue weighted by Gasteiger charge is 2.41. The largest absolute Gasteiger partial charge is 0.494 e. The summed E-state index contributed by atoms with van der Waals surface area (Å²) in [6, 6.07) is 8.82. The Hall–Kier alpha value is -1.02. The average molecular weight is 275 g/mol. The van der Waals surface area contributed by atoms with Crippen LogP contribution < -0.4 is 10.1 Å². The third-order valence-corrected chi connectivity index (χ3v) is 4.81. The lowest BCUT2D eigenvalue weighted by Gasteiger charge is -2.35. The van der Waals surface area contributed by atoms with Crippen molar-refractivity contribution in [1.82, 2.24) is 5.32 Å². The normalized spacial score (nSPS) is 25.9. The fraction of sp³-hybridized carbons (Fsp3) is 0.667. The zero-order valence-electron chi connectivity index (χ0n) is 13.2. The summed E-state index contributed by atoms with van der Waals surface area (Å²) >= 11 is 0. The van der Waals surface area contributed by atoms with Crippen molar-refractivity contribution in [3.05, 3.63) is 29.8 Å². The summed E-state index contributed by atoms with van der Waals surface area (Å²) < 4.78 is 5.57. The molecule has 1 aliphatic carbocycles. The van der Waals surface area contributed by atoms with Crippen LogP contribution >= 0.6 is 0 Å². The Balaban J connectivity index is 2.17. The molecular weight excluding hydrogens is 246 g/mol. The molecule has 0 radical (unpaired) electrons. The van der Waals surface area contributed by atoms with Gasteiger partial charge in [0.05, 0.1) is 6.61 Å². The lowest BCUT2D eigenvalue weighted by molar-refractivity contribution is 0.316. The van der Waals surface area contributed by atoms with Crippen LogP contribution in [0.3, 0.4) is 0 Å². The van der Waals surface area contributed by atoms with Gasteiger partial charge in [-0.15, -0.1) is 0 Å². The van der Waals surface area contributed by atoms with Gasteiger partial charge in [0.2, 0.25) is 0 Å². The zero-order chi connectivity index (χ0) is 14.4. The maximum atomic E-state index is 5.57. The molecule has 1 aliphatic rings. The lowest BCUT2D eigenvalue weighted by Crippen LogP contribution is -2.40. The van der Waals surface area contributed by atoms with Crippen molar-refractivity contribution in [3.63, 3.8) is 0 Å². The molecule has 2 rings (SSSR count). The molecule has 1 fully saturated rings. The fourth-order valence-corrected chi connectivity index (χ4v) is 3.58. The van der Waals surface area contributed by atoms with E-state index in [1.807, 2.05) is 6.92 Å². The van der Waals surface area contributed by atoms with Crippen LogP contribution in [-0.4, -0.2) is 19.7 Å². The van der Waals surface area contributed by atoms with E-state index in [-0.39, 0.29) is 0 Å². The monoisotopic (exact) mass is 275 g/mol. The van der Waals surface area contributed by atoms with Crippen LogP contribution in [0.15, 0.2) is 24.3 Å². The van der Waals surface area contributed by atoms with E-state index in [4.69, 9.17) is 4.74 Å². The van der Waals surface area contributed by atoms with Crippen molar-refractivity contribution in [2.45, 2.75) is 51.9 Å². The summed E-state index contributed by atoms with van der Waals surface area (Å²) in [5, 5.41) is 3.66. The van der Waals surface area contributed by atoms with Crippen LogP contribution in [-0.2, 0) is 5.41 Å². The molecule has 2 unspecified atom stereocenters. The molecule has 0 bridgehead atoms. The minimum atomic E-state index is 0.319. The molecular formula is C18H29NO. The van der Waals surface area contributed by atoms with Crippen molar-refractivity contribution in [2.75, 3.05) is 19.7 Å². The van der Waals surface area contributed by atoms with Gasteiger partial charge < -0.3 is 10.1 Å². The number of rotatable bonds is 7. The number of ether oxygens (including phenoxy) is 1. The Morgan fingerprint density at radius 3 is 2.55 bits per heavy atom. The highest BCUT2D eigenvalue weighted by Crippen LogP contribution is 2.45. The summed E-state index contributed by atoms with van der Waals surface area (Å²) in [6.45, 7) is 9.63. The summed E-state index contributed by atoms with van der Waals surface area (Å²) in [6.07, 6.45) is 5.20. The van der Waals surface area contributed by atoms with Gasteiger partial charge in [0.1, 0.15) is 5.75 Å². The van der Waals surface area contributed by atoms with E-state index in [0.29, 0.717) is 5.41 Å². The first kappa shape index (κ1) is 15.4. The van der Waals surface area contributed by atoms with Crippen LogP contribution in [0.5, 0.6) is 5.75 Å². The van der Waals surface area contributed by atoms with Gasteiger partial charge in [-0.05, 0) is 56.3 Å². The van der Waals surface area contributed by atoms with E-state index >= 15 is 0 Å². The molecule has 0 amide bonds. The number of hydrogen-bond donors (Lipinski definition) is 1. The second-order valence-electron chi connectivity index (χ2n) is 6.08. The van der Waals surface area contributed by atoms with Gasteiger partial charge in [-0.1, -0.05) is 32.4 Å². The molecule has 0 spiro atoms. The predicted molar refractivity (Wildman–Crippen MR) is 85.5 cm³/mol. The zero-order valence-corrected chi connectivity index (χ0v) is 13.2. The van der Waals surface area contributed by atoms with Crippen molar-refractivity contribution in [3.8, 4) is 5.75 Å². The third-order valence-electron chi connectivity index (χ3n) is 4.81. The smallest absolute Gasteiger partial charge is 0.119 e. The van der Waals surface area contributed by atoms with Crippen LogP contribution in [0, 0.1) is 5.92 Å². The van der Waals surface area contributed by atoms with Gasteiger partial charge in [-0.25, -0.2) is 0 Å². The molecule has 0 aromatic heterocycles. The van der Waals surface area contributed by atoms with Gasteiger partial charge >= 0.3 is 0 Å². The highest BCUT2D eigenvalue weighted by atomic mass is 16.5. The van der Waals surface area contributed by atoms with E-state index < -0.39 is 0 Å². The molecule has 20 heavy (non-hydrogen) atoms. The maximum Gasteiger partial charge on any atom is 0.119 e. The predicted octanol–water partition coefficient (Wildman–Crippen LogP) is 4.14. The lowest BCUT2D eigenvalue weighted by atomic mass is 9.73. The van der Waals surface area contributed by atoms with E-state index in [1.165, 1.54) is 31.2 Å².